The highest BCUT2D eigenvalue weighted by Gasteiger charge is 2.22. The number of rotatable bonds is 6. The van der Waals surface area contributed by atoms with Crippen molar-refractivity contribution in [3.63, 3.8) is 0 Å². The predicted octanol–water partition coefficient (Wildman–Crippen LogP) is 1.81. The first-order valence-electron chi connectivity index (χ1n) is 7.34. The Labute approximate surface area is 127 Å². The number of hydrogen-bond acceptors (Lipinski definition) is 4. The second-order valence-electron chi connectivity index (χ2n) is 5.55. The van der Waals surface area contributed by atoms with Gasteiger partial charge in [-0.05, 0) is 51.4 Å². The van der Waals surface area contributed by atoms with Crippen LogP contribution < -0.4 is 10.0 Å². The molecule has 2 rings (SSSR count). The molecule has 21 heavy (non-hydrogen) atoms. The average molecular weight is 312 g/mol. The summed E-state index contributed by atoms with van der Waals surface area (Å²) >= 11 is 0. The molecule has 0 spiro atoms. The second-order valence-corrected chi connectivity index (χ2v) is 7.44. The molecule has 2 N–H and O–H groups in total. The van der Waals surface area contributed by atoms with Crippen molar-refractivity contribution in [2.75, 3.05) is 13.6 Å². The molecule has 0 bridgehead atoms. The van der Waals surface area contributed by atoms with E-state index in [2.05, 4.69) is 23.9 Å². The van der Waals surface area contributed by atoms with Crippen LogP contribution in [0.4, 0.5) is 0 Å². The maximum Gasteiger partial charge on any atom is 0.240 e. The van der Waals surface area contributed by atoms with Crippen molar-refractivity contribution in [2.24, 2.45) is 0 Å². The van der Waals surface area contributed by atoms with Crippen LogP contribution in [0.1, 0.15) is 38.3 Å². The molecule has 0 aromatic heterocycles. The SMILES string of the molecule is CNS(=O)(=O)c1ccc([C@H](C)NC[C@H]2CC[C@H](C)O2)cc1. The second kappa shape index (κ2) is 6.87. The summed E-state index contributed by atoms with van der Waals surface area (Å²) in [6, 6.07) is 7.12. The lowest BCUT2D eigenvalue weighted by Gasteiger charge is -2.18. The third-order valence-corrected chi connectivity index (χ3v) is 5.36. The summed E-state index contributed by atoms with van der Waals surface area (Å²) in [5.41, 5.74) is 1.07. The molecule has 1 aliphatic heterocycles. The quantitative estimate of drug-likeness (QED) is 0.841. The molecule has 0 radical (unpaired) electrons. The van der Waals surface area contributed by atoms with E-state index < -0.39 is 10.0 Å². The van der Waals surface area contributed by atoms with Crippen molar-refractivity contribution in [3.05, 3.63) is 29.8 Å². The Bertz CT molecular complexity index is 557. The zero-order valence-corrected chi connectivity index (χ0v) is 13.6. The lowest BCUT2D eigenvalue weighted by atomic mass is 10.1. The summed E-state index contributed by atoms with van der Waals surface area (Å²) in [4.78, 5) is 0.286. The summed E-state index contributed by atoms with van der Waals surface area (Å²) in [6.07, 6.45) is 2.86. The van der Waals surface area contributed by atoms with Gasteiger partial charge in [0.15, 0.2) is 0 Å². The van der Waals surface area contributed by atoms with Crippen LogP contribution in [-0.2, 0) is 14.8 Å². The molecular formula is C15H24N2O3S. The van der Waals surface area contributed by atoms with Gasteiger partial charge in [0.05, 0.1) is 17.1 Å². The fraction of sp³-hybridized carbons (Fsp3) is 0.600. The van der Waals surface area contributed by atoms with Crippen molar-refractivity contribution in [2.45, 2.75) is 49.8 Å². The van der Waals surface area contributed by atoms with Gasteiger partial charge in [-0.1, -0.05) is 12.1 Å². The zero-order chi connectivity index (χ0) is 15.5. The van der Waals surface area contributed by atoms with Crippen LogP contribution in [0, 0.1) is 0 Å². The molecule has 0 amide bonds. The van der Waals surface area contributed by atoms with Crippen LogP contribution >= 0.6 is 0 Å². The Hall–Kier alpha value is -0.950. The van der Waals surface area contributed by atoms with E-state index in [4.69, 9.17) is 4.74 Å². The Kier molecular flexibility index (Phi) is 5.37. The van der Waals surface area contributed by atoms with Crippen molar-refractivity contribution in [3.8, 4) is 0 Å². The van der Waals surface area contributed by atoms with E-state index in [9.17, 15) is 8.42 Å². The third-order valence-electron chi connectivity index (χ3n) is 3.93. The first kappa shape index (κ1) is 16.4. The van der Waals surface area contributed by atoms with Crippen LogP contribution in [0.2, 0.25) is 0 Å². The topological polar surface area (TPSA) is 67.4 Å². The fourth-order valence-corrected chi connectivity index (χ4v) is 3.25. The molecule has 1 aliphatic rings. The number of hydrogen-bond donors (Lipinski definition) is 2. The van der Waals surface area contributed by atoms with E-state index >= 15 is 0 Å². The molecule has 0 saturated carbocycles. The van der Waals surface area contributed by atoms with Gasteiger partial charge >= 0.3 is 0 Å². The average Bonchev–Trinajstić information content (AvgIpc) is 2.90. The first-order valence-corrected chi connectivity index (χ1v) is 8.83. The summed E-state index contributed by atoms with van der Waals surface area (Å²) in [7, 11) is -1.95. The number of benzene rings is 1. The van der Waals surface area contributed by atoms with Crippen LogP contribution in [0.3, 0.4) is 0 Å². The molecule has 0 unspecified atom stereocenters. The highest BCUT2D eigenvalue weighted by atomic mass is 32.2. The molecule has 3 atom stereocenters. The summed E-state index contributed by atoms with van der Waals surface area (Å²) < 4.78 is 31.4. The van der Waals surface area contributed by atoms with Gasteiger partial charge in [0.2, 0.25) is 10.0 Å². The predicted molar refractivity (Wildman–Crippen MR) is 82.7 cm³/mol. The smallest absolute Gasteiger partial charge is 0.240 e. The van der Waals surface area contributed by atoms with Crippen LogP contribution in [0.5, 0.6) is 0 Å². The van der Waals surface area contributed by atoms with Crippen molar-refractivity contribution in [1.29, 1.82) is 0 Å². The molecule has 1 heterocycles. The van der Waals surface area contributed by atoms with E-state index in [0.717, 1.165) is 24.9 Å². The van der Waals surface area contributed by atoms with Gasteiger partial charge in [-0.3, -0.25) is 0 Å². The van der Waals surface area contributed by atoms with Gasteiger partial charge in [0.25, 0.3) is 0 Å². The Morgan fingerprint density at radius 3 is 2.48 bits per heavy atom. The molecule has 1 saturated heterocycles. The maximum atomic E-state index is 11.7. The van der Waals surface area contributed by atoms with Gasteiger partial charge in [-0.2, -0.15) is 0 Å². The molecule has 6 heteroatoms. The van der Waals surface area contributed by atoms with Gasteiger partial charge < -0.3 is 10.1 Å². The van der Waals surface area contributed by atoms with Crippen molar-refractivity contribution < 1.29 is 13.2 Å². The lowest BCUT2D eigenvalue weighted by molar-refractivity contribution is 0.0546. The fourth-order valence-electron chi connectivity index (χ4n) is 2.51. The maximum absolute atomic E-state index is 11.7. The Morgan fingerprint density at radius 1 is 1.29 bits per heavy atom. The standard InChI is InChI=1S/C15H24N2O3S/c1-11-4-7-14(20-11)10-17-12(2)13-5-8-15(9-6-13)21(18,19)16-3/h5-6,8-9,11-12,14,16-17H,4,7,10H2,1-3H3/t11-,12-,14+/m0/s1. The van der Waals surface area contributed by atoms with Crippen molar-refractivity contribution >= 4 is 10.0 Å². The molecule has 0 aliphatic carbocycles. The van der Waals surface area contributed by atoms with E-state index in [1.807, 2.05) is 12.1 Å². The highest BCUT2D eigenvalue weighted by molar-refractivity contribution is 7.89. The van der Waals surface area contributed by atoms with Gasteiger partial charge in [0.1, 0.15) is 0 Å². The van der Waals surface area contributed by atoms with Gasteiger partial charge in [-0.25, -0.2) is 13.1 Å². The van der Waals surface area contributed by atoms with Crippen LogP contribution in [0.25, 0.3) is 0 Å². The normalized spacial score (nSPS) is 24.1. The third kappa shape index (κ3) is 4.26. The highest BCUT2D eigenvalue weighted by Crippen LogP contribution is 2.20. The van der Waals surface area contributed by atoms with Crippen molar-refractivity contribution in [1.82, 2.24) is 10.0 Å². The van der Waals surface area contributed by atoms with E-state index in [-0.39, 0.29) is 17.0 Å². The van der Waals surface area contributed by atoms with Crippen LogP contribution in [-0.4, -0.2) is 34.2 Å². The summed E-state index contributed by atoms with van der Waals surface area (Å²) in [5, 5.41) is 3.44. The number of nitrogens with one attached hydrogen (secondary N) is 2. The molecule has 1 fully saturated rings. The van der Waals surface area contributed by atoms with Crippen LogP contribution in [0.15, 0.2) is 29.2 Å². The minimum atomic E-state index is -3.36. The minimum Gasteiger partial charge on any atom is -0.374 e. The number of ether oxygens (including phenoxy) is 1. The van der Waals surface area contributed by atoms with E-state index in [1.54, 1.807) is 12.1 Å². The lowest BCUT2D eigenvalue weighted by Crippen LogP contribution is -2.29. The number of sulfonamides is 1. The van der Waals surface area contributed by atoms with E-state index in [0.29, 0.717) is 6.10 Å². The largest absolute Gasteiger partial charge is 0.374 e. The van der Waals surface area contributed by atoms with E-state index in [1.165, 1.54) is 7.05 Å². The molecule has 1 aromatic carbocycles. The zero-order valence-electron chi connectivity index (χ0n) is 12.8. The Morgan fingerprint density at radius 2 is 1.95 bits per heavy atom. The molecule has 118 valence electrons. The first-order chi connectivity index (χ1) is 9.92. The monoisotopic (exact) mass is 312 g/mol. The van der Waals surface area contributed by atoms with Gasteiger partial charge in [-0.15, -0.1) is 0 Å². The summed E-state index contributed by atoms with van der Waals surface area (Å²) in [6.45, 7) is 4.99. The molecule has 1 aromatic rings. The Balaban J connectivity index is 1.92. The van der Waals surface area contributed by atoms with Gasteiger partial charge in [0, 0.05) is 12.6 Å². The molecular weight excluding hydrogens is 288 g/mol. The summed E-state index contributed by atoms with van der Waals surface area (Å²) in [5.74, 6) is 0. The minimum absolute atomic E-state index is 0.163. The molecule has 5 nitrogen and oxygen atoms in total.